The number of rotatable bonds is 6. The summed E-state index contributed by atoms with van der Waals surface area (Å²) in [6.45, 7) is -0.0226. The molecule has 4 rings (SSSR count). The fraction of sp³-hybridized carbons (Fsp3) is 0.0833. The molecular formula is C24H21N3O6. The lowest BCUT2D eigenvalue weighted by molar-refractivity contribution is 0.0705. The number of aliphatic hydroxyl groups is 1. The summed E-state index contributed by atoms with van der Waals surface area (Å²) >= 11 is 0. The van der Waals surface area contributed by atoms with Crippen molar-refractivity contribution in [3.05, 3.63) is 105 Å². The number of hydrogen-bond donors (Lipinski definition) is 3. The van der Waals surface area contributed by atoms with Crippen molar-refractivity contribution in [1.82, 2.24) is 4.73 Å². The monoisotopic (exact) mass is 447 g/mol. The predicted molar refractivity (Wildman–Crippen MR) is 125 cm³/mol. The van der Waals surface area contributed by atoms with Crippen molar-refractivity contribution in [2.45, 2.75) is 6.61 Å². The smallest absolute Gasteiger partial charge is 0.294 e. The predicted octanol–water partition coefficient (Wildman–Crippen LogP) is 3.59. The lowest BCUT2D eigenvalue weighted by Gasteiger charge is -2.16. The standard InChI is InChI=1S/C23H17N3O5.CH4O/c27-21(24-16-9-5-2-6-10-16)20-18-12-11-17(25-30)13-19(18)22(28)26(23(20)29)31-14-15-7-3-1-4-8-15;1-2/h1-13,29H,14H2,(H,24,27);2H,1H3. The van der Waals surface area contributed by atoms with Crippen molar-refractivity contribution in [1.29, 1.82) is 0 Å². The van der Waals surface area contributed by atoms with E-state index in [0.717, 1.165) is 12.7 Å². The molecule has 3 N–H and O–H groups in total. The lowest BCUT2D eigenvalue weighted by atomic mass is 10.1. The minimum atomic E-state index is -0.717. The number of aromatic nitrogens is 1. The molecule has 0 bridgehead atoms. The number of nitroso groups, excluding NO2 is 1. The minimum absolute atomic E-state index is 0.0133. The summed E-state index contributed by atoms with van der Waals surface area (Å²) in [5.41, 5.74) is 0.398. The number of nitrogens with one attached hydrogen (secondary N) is 1. The summed E-state index contributed by atoms with van der Waals surface area (Å²) in [5.74, 6) is -1.29. The summed E-state index contributed by atoms with van der Waals surface area (Å²) in [6, 6.07) is 21.7. The van der Waals surface area contributed by atoms with E-state index in [4.69, 9.17) is 9.94 Å². The molecule has 0 aliphatic rings. The van der Waals surface area contributed by atoms with Gasteiger partial charge in [0.1, 0.15) is 17.9 Å². The van der Waals surface area contributed by atoms with E-state index in [2.05, 4.69) is 10.5 Å². The van der Waals surface area contributed by atoms with Crippen molar-refractivity contribution in [2.24, 2.45) is 5.18 Å². The van der Waals surface area contributed by atoms with E-state index in [1.807, 2.05) is 18.2 Å². The van der Waals surface area contributed by atoms with Crippen LogP contribution in [-0.4, -0.2) is 28.0 Å². The molecule has 0 saturated heterocycles. The fourth-order valence-electron chi connectivity index (χ4n) is 3.18. The highest BCUT2D eigenvalue weighted by Crippen LogP contribution is 2.28. The van der Waals surface area contributed by atoms with E-state index in [1.54, 1.807) is 42.5 Å². The molecule has 0 aliphatic heterocycles. The second-order valence-corrected chi connectivity index (χ2v) is 6.70. The second-order valence-electron chi connectivity index (χ2n) is 6.70. The number of carbonyl (C=O) groups excluding carboxylic acids is 1. The molecule has 1 amide bonds. The van der Waals surface area contributed by atoms with E-state index in [1.165, 1.54) is 18.2 Å². The van der Waals surface area contributed by atoms with Crippen molar-refractivity contribution in [2.75, 3.05) is 12.4 Å². The maximum atomic E-state index is 13.0. The molecule has 0 saturated carbocycles. The molecule has 0 unspecified atom stereocenters. The van der Waals surface area contributed by atoms with Crippen LogP contribution in [0.5, 0.6) is 5.88 Å². The summed E-state index contributed by atoms with van der Waals surface area (Å²) in [6.07, 6.45) is 0. The van der Waals surface area contributed by atoms with Gasteiger partial charge in [-0.15, -0.1) is 9.64 Å². The molecule has 9 nitrogen and oxygen atoms in total. The normalized spacial score (nSPS) is 10.1. The molecule has 3 aromatic carbocycles. The summed E-state index contributed by atoms with van der Waals surface area (Å²) in [4.78, 5) is 42.5. The molecule has 9 heteroatoms. The fourth-order valence-corrected chi connectivity index (χ4v) is 3.18. The highest BCUT2D eigenvalue weighted by molar-refractivity contribution is 6.14. The van der Waals surface area contributed by atoms with Gasteiger partial charge in [0.05, 0.1) is 5.39 Å². The minimum Gasteiger partial charge on any atom is -0.492 e. The molecule has 0 fully saturated rings. The van der Waals surface area contributed by atoms with Gasteiger partial charge in [0.15, 0.2) is 0 Å². The Bertz CT molecular complexity index is 1320. The third kappa shape index (κ3) is 5.05. The first-order valence-corrected chi connectivity index (χ1v) is 9.82. The highest BCUT2D eigenvalue weighted by Gasteiger charge is 2.23. The van der Waals surface area contributed by atoms with Gasteiger partial charge >= 0.3 is 0 Å². The second kappa shape index (κ2) is 10.7. The molecule has 4 aromatic rings. The van der Waals surface area contributed by atoms with E-state index < -0.39 is 17.3 Å². The maximum Gasteiger partial charge on any atom is 0.294 e. The lowest BCUT2D eigenvalue weighted by Crippen LogP contribution is -2.29. The van der Waals surface area contributed by atoms with Crippen LogP contribution in [-0.2, 0) is 6.61 Å². The first-order chi connectivity index (χ1) is 16.1. The zero-order valence-electron chi connectivity index (χ0n) is 17.6. The Labute approximate surface area is 188 Å². The van der Waals surface area contributed by atoms with Crippen LogP contribution in [0.3, 0.4) is 0 Å². The SMILES string of the molecule is CO.O=Nc1ccc2c(C(=O)Nc3ccccc3)c(O)n(OCc3ccccc3)c(=O)c2c1. The van der Waals surface area contributed by atoms with Gasteiger partial charge in [-0.2, -0.15) is 0 Å². The molecule has 0 aliphatic carbocycles. The van der Waals surface area contributed by atoms with Gasteiger partial charge < -0.3 is 20.4 Å². The topological polar surface area (TPSA) is 130 Å². The van der Waals surface area contributed by atoms with Crippen molar-refractivity contribution >= 4 is 28.1 Å². The zero-order valence-corrected chi connectivity index (χ0v) is 17.6. The van der Waals surface area contributed by atoms with Crippen LogP contribution in [0.25, 0.3) is 10.8 Å². The number of hydrogen-bond acceptors (Lipinski definition) is 7. The van der Waals surface area contributed by atoms with Crippen LogP contribution in [0.1, 0.15) is 15.9 Å². The number of fused-ring (bicyclic) bond motifs is 1. The van der Waals surface area contributed by atoms with Gasteiger partial charge in [-0.1, -0.05) is 54.6 Å². The Morgan fingerprint density at radius 2 is 1.61 bits per heavy atom. The number of benzene rings is 3. The molecule has 1 aromatic heterocycles. The van der Waals surface area contributed by atoms with E-state index >= 15 is 0 Å². The number of carbonyl (C=O) groups is 1. The van der Waals surface area contributed by atoms with Crippen LogP contribution < -0.4 is 15.7 Å². The van der Waals surface area contributed by atoms with Gasteiger partial charge in [0.2, 0.25) is 5.88 Å². The molecular weight excluding hydrogens is 426 g/mol. The van der Waals surface area contributed by atoms with E-state index in [-0.39, 0.29) is 28.6 Å². The van der Waals surface area contributed by atoms with E-state index in [9.17, 15) is 19.6 Å². The first kappa shape index (κ1) is 23.2. The Morgan fingerprint density at radius 1 is 0.970 bits per heavy atom. The van der Waals surface area contributed by atoms with E-state index in [0.29, 0.717) is 10.4 Å². The van der Waals surface area contributed by atoms with Gasteiger partial charge in [0, 0.05) is 18.2 Å². The number of aromatic hydroxyl groups is 1. The summed E-state index contributed by atoms with van der Waals surface area (Å²) in [5, 5.41) is 23.5. The van der Waals surface area contributed by atoms with Crippen molar-refractivity contribution in [3.8, 4) is 5.88 Å². The molecule has 33 heavy (non-hydrogen) atoms. The summed E-state index contributed by atoms with van der Waals surface area (Å²) in [7, 11) is 1.00. The van der Waals surface area contributed by atoms with Crippen LogP contribution in [0.4, 0.5) is 11.4 Å². The highest BCUT2D eigenvalue weighted by atomic mass is 16.7. The van der Waals surface area contributed by atoms with Crippen molar-refractivity contribution < 1.29 is 19.8 Å². The van der Waals surface area contributed by atoms with Crippen LogP contribution >= 0.6 is 0 Å². The van der Waals surface area contributed by atoms with Gasteiger partial charge in [-0.25, -0.2) is 0 Å². The van der Waals surface area contributed by atoms with Gasteiger partial charge in [-0.05, 0) is 35.0 Å². The third-order valence-electron chi connectivity index (χ3n) is 4.67. The Kier molecular flexibility index (Phi) is 7.51. The molecule has 0 spiro atoms. The number of anilines is 1. The Hall–Kier alpha value is -4.50. The average molecular weight is 447 g/mol. The van der Waals surface area contributed by atoms with Crippen LogP contribution in [0, 0.1) is 4.91 Å². The number of aliphatic hydroxyl groups excluding tert-OH is 1. The Morgan fingerprint density at radius 3 is 2.24 bits per heavy atom. The number of pyridine rings is 1. The molecule has 0 atom stereocenters. The quantitative estimate of drug-likeness (QED) is 0.387. The summed E-state index contributed by atoms with van der Waals surface area (Å²) < 4.78 is 0.657. The first-order valence-electron chi connectivity index (χ1n) is 9.82. The largest absolute Gasteiger partial charge is 0.492 e. The molecule has 168 valence electrons. The van der Waals surface area contributed by atoms with Gasteiger partial charge in [0.25, 0.3) is 11.5 Å². The number of amides is 1. The maximum absolute atomic E-state index is 13.0. The number of para-hydroxylation sites is 1. The van der Waals surface area contributed by atoms with Crippen molar-refractivity contribution in [3.63, 3.8) is 0 Å². The molecule has 0 radical (unpaired) electrons. The third-order valence-corrected chi connectivity index (χ3v) is 4.67. The average Bonchev–Trinajstić information content (AvgIpc) is 2.86. The van der Waals surface area contributed by atoms with Gasteiger partial charge in [-0.3, -0.25) is 9.59 Å². The zero-order chi connectivity index (χ0) is 23.8. The molecule has 1 heterocycles. The van der Waals surface area contributed by atoms with Crippen LogP contribution in [0.2, 0.25) is 0 Å². The Balaban J connectivity index is 0.00000149. The van der Waals surface area contributed by atoms with Crippen LogP contribution in [0.15, 0.2) is 88.8 Å². The number of nitrogens with zero attached hydrogens (tertiary/aromatic N) is 2.